The van der Waals surface area contributed by atoms with Gasteiger partial charge in [-0.05, 0) is 0 Å². The molecule has 1 rings (SSSR count). The summed E-state index contributed by atoms with van der Waals surface area (Å²) >= 11 is 0. The van der Waals surface area contributed by atoms with Crippen molar-refractivity contribution in [2.75, 3.05) is 0 Å². The van der Waals surface area contributed by atoms with Gasteiger partial charge < -0.3 is 22.1 Å². The van der Waals surface area contributed by atoms with E-state index in [9.17, 15) is 5.11 Å². The summed E-state index contributed by atoms with van der Waals surface area (Å²) in [5.74, 6) is 0.384. The molecule has 0 N–H and O–H groups in total. The van der Waals surface area contributed by atoms with E-state index in [4.69, 9.17) is 0 Å². The summed E-state index contributed by atoms with van der Waals surface area (Å²) in [4.78, 5) is 0. The minimum absolute atomic E-state index is 0. The van der Waals surface area contributed by atoms with Gasteiger partial charge in [0, 0.05) is 0 Å². The Hall–Kier alpha value is 1.21. The zero-order chi connectivity index (χ0) is 7.61. The molecule has 12 heavy (non-hydrogen) atoms. The van der Waals surface area contributed by atoms with Crippen molar-refractivity contribution in [2.45, 2.75) is 51.6 Å². The third-order valence-electron chi connectivity index (χ3n) is 2.96. The van der Waals surface area contributed by atoms with E-state index in [2.05, 4.69) is 13.8 Å². The monoisotopic (exact) mass is 244 g/mol. The Morgan fingerprint density at radius 3 is 2.08 bits per heavy atom. The Kier molecular flexibility index (Phi) is 8.66. The molecule has 0 bridgehead atoms. The molecule has 0 spiro atoms. The van der Waals surface area contributed by atoms with Crippen LogP contribution in [-0.2, 0) is 0 Å². The minimum Gasteiger partial charge on any atom is -1.00 e. The molecule has 1 atom stereocenters. The standard InChI is InChI=1S/C9H17O.BrH.Mg/c1-3-8(2)9(10)6-4-5-7-9;;/h8H,3-7H2,1-2H3;1H;/q-1;;+2/p-1. The molecular weight excluding hydrogens is 228 g/mol. The fraction of sp³-hybridized carbons (Fsp3) is 1.00. The molecule has 0 aliphatic heterocycles. The molecule has 1 fully saturated rings. The predicted molar refractivity (Wildman–Crippen MR) is 46.4 cm³/mol. The molecule has 0 heterocycles. The molecule has 1 aliphatic rings. The maximum absolute atomic E-state index is 11.8. The van der Waals surface area contributed by atoms with Crippen molar-refractivity contribution >= 4 is 23.1 Å². The van der Waals surface area contributed by atoms with Crippen LogP contribution in [-0.4, -0.2) is 28.7 Å². The molecule has 1 unspecified atom stereocenters. The molecule has 1 aliphatic carbocycles. The van der Waals surface area contributed by atoms with Crippen LogP contribution in [0.15, 0.2) is 0 Å². The van der Waals surface area contributed by atoms with Crippen LogP contribution in [0.2, 0.25) is 0 Å². The molecule has 68 valence electrons. The summed E-state index contributed by atoms with van der Waals surface area (Å²) in [6.07, 6.45) is 5.20. The zero-order valence-electron chi connectivity index (χ0n) is 8.11. The summed E-state index contributed by atoms with van der Waals surface area (Å²) in [6.45, 7) is 4.21. The second kappa shape index (κ2) is 6.63. The summed E-state index contributed by atoms with van der Waals surface area (Å²) in [7, 11) is 0. The van der Waals surface area contributed by atoms with E-state index in [0.29, 0.717) is 5.92 Å². The van der Waals surface area contributed by atoms with Crippen LogP contribution in [0, 0.1) is 5.92 Å². The first-order valence-corrected chi connectivity index (χ1v) is 4.39. The Balaban J connectivity index is 0. The first-order chi connectivity index (χ1) is 4.69. The molecule has 0 aromatic heterocycles. The van der Waals surface area contributed by atoms with E-state index in [0.717, 1.165) is 32.1 Å². The van der Waals surface area contributed by atoms with Crippen LogP contribution >= 0.6 is 0 Å². The number of rotatable bonds is 2. The van der Waals surface area contributed by atoms with Crippen LogP contribution in [0.3, 0.4) is 0 Å². The van der Waals surface area contributed by atoms with Crippen molar-refractivity contribution in [1.82, 2.24) is 0 Å². The average Bonchev–Trinajstić information content (AvgIpc) is 2.36. The van der Waals surface area contributed by atoms with E-state index in [1.165, 1.54) is 0 Å². The Labute approximate surface area is 102 Å². The molecule has 0 amide bonds. The average molecular weight is 245 g/mol. The fourth-order valence-electron chi connectivity index (χ4n) is 1.84. The summed E-state index contributed by atoms with van der Waals surface area (Å²) < 4.78 is 0. The van der Waals surface area contributed by atoms with Crippen molar-refractivity contribution < 1.29 is 22.1 Å². The molecule has 0 saturated heterocycles. The van der Waals surface area contributed by atoms with E-state index < -0.39 is 5.60 Å². The topological polar surface area (TPSA) is 23.1 Å². The van der Waals surface area contributed by atoms with Crippen LogP contribution < -0.4 is 22.1 Å². The van der Waals surface area contributed by atoms with Gasteiger partial charge in [-0.25, -0.2) is 0 Å². The van der Waals surface area contributed by atoms with Crippen molar-refractivity contribution in [1.29, 1.82) is 0 Å². The Morgan fingerprint density at radius 1 is 1.33 bits per heavy atom. The van der Waals surface area contributed by atoms with E-state index >= 15 is 0 Å². The van der Waals surface area contributed by atoms with Gasteiger partial charge in [0.2, 0.25) is 0 Å². The van der Waals surface area contributed by atoms with Gasteiger partial charge in [0.25, 0.3) is 0 Å². The Morgan fingerprint density at radius 2 is 1.75 bits per heavy atom. The van der Waals surface area contributed by atoms with Gasteiger partial charge in [0.05, 0.1) is 0 Å². The summed E-state index contributed by atoms with van der Waals surface area (Å²) in [5.41, 5.74) is -0.547. The Bertz CT molecular complexity index is 113. The molecular formula is C9H17BrMgO. The van der Waals surface area contributed by atoms with Gasteiger partial charge in [0.15, 0.2) is 0 Å². The van der Waals surface area contributed by atoms with Crippen molar-refractivity contribution in [2.24, 2.45) is 5.92 Å². The smallest absolute Gasteiger partial charge is 1.00 e. The van der Waals surface area contributed by atoms with Gasteiger partial charge in [-0.3, -0.25) is 0 Å². The van der Waals surface area contributed by atoms with Crippen LogP contribution in [0.4, 0.5) is 0 Å². The van der Waals surface area contributed by atoms with Crippen LogP contribution in [0.1, 0.15) is 46.0 Å². The fourth-order valence-corrected chi connectivity index (χ4v) is 1.84. The first kappa shape index (κ1) is 15.7. The largest absolute Gasteiger partial charge is 2.00 e. The third kappa shape index (κ3) is 3.52. The van der Waals surface area contributed by atoms with Gasteiger partial charge in [-0.2, -0.15) is 0 Å². The summed E-state index contributed by atoms with van der Waals surface area (Å²) in [5, 5.41) is 11.8. The normalized spacial score (nSPS) is 22.2. The van der Waals surface area contributed by atoms with E-state index in [1.54, 1.807) is 0 Å². The van der Waals surface area contributed by atoms with E-state index in [-0.39, 0.29) is 40.0 Å². The van der Waals surface area contributed by atoms with Crippen molar-refractivity contribution in [3.05, 3.63) is 0 Å². The molecule has 1 saturated carbocycles. The second-order valence-electron chi connectivity index (χ2n) is 3.58. The van der Waals surface area contributed by atoms with Crippen molar-refractivity contribution in [3.8, 4) is 0 Å². The molecule has 1 nitrogen and oxygen atoms in total. The summed E-state index contributed by atoms with van der Waals surface area (Å²) in [6, 6.07) is 0. The molecule has 3 heteroatoms. The molecule has 0 radical (unpaired) electrons. The molecule has 0 aromatic carbocycles. The predicted octanol–water partition coefficient (Wildman–Crippen LogP) is -1.67. The van der Waals surface area contributed by atoms with Gasteiger partial charge >= 0.3 is 23.1 Å². The van der Waals surface area contributed by atoms with Crippen molar-refractivity contribution in [3.63, 3.8) is 0 Å². The van der Waals surface area contributed by atoms with Crippen LogP contribution in [0.25, 0.3) is 0 Å². The number of halogens is 1. The maximum atomic E-state index is 11.8. The van der Waals surface area contributed by atoms with Crippen LogP contribution in [0.5, 0.6) is 0 Å². The van der Waals surface area contributed by atoms with Gasteiger partial charge in [0.1, 0.15) is 0 Å². The second-order valence-corrected chi connectivity index (χ2v) is 3.58. The minimum atomic E-state index is -0.547. The number of hydrogen-bond acceptors (Lipinski definition) is 1. The third-order valence-corrected chi connectivity index (χ3v) is 2.96. The zero-order valence-corrected chi connectivity index (χ0v) is 11.1. The van der Waals surface area contributed by atoms with E-state index in [1.807, 2.05) is 0 Å². The van der Waals surface area contributed by atoms with Gasteiger partial charge in [-0.1, -0.05) is 51.9 Å². The molecule has 0 aromatic rings. The SMILES string of the molecule is CCC(C)C1([O-])CCCC1.[Br-].[Mg+2]. The first-order valence-electron chi connectivity index (χ1n) is 4.39. The van der Waals surface area contributed by atoms with Gasteiger partial charge in [-0.15, -0.1) is 5.60 Å². The number of hydrogen-bond donors (Lipinski definition) is 0. The quantitative estimate of drug-likeness (QED) is 0.534. The maximum Gasteiger partial charge on any atom is 2.00 e.